The second-order valence-corrected chi connectivity index (χ2v) is 6.38. The number of nitrogens with one attached hydrogen (secondary N) is 1. The van der Waals surface area contributed by atoms with Gasteiger partial charge in [-0.25, -0.2) is 18.3 Å². The number of hydrogen-bond donors (Lipinski definition) is 1. The summed E-state index contributed by atoms with van der Waals surface area (Å²) in [6.07, 6.45) is -0.978. The van der Waals surface area contributed by atoms with Crippen LogP contribution in [0.25, 0.3) is 5.65 Å². The van der Waals surface area contributed by atoms with E-state index in [9.17, 15) is 8.78 Å². The standard InChI is InChI=1S/C18H20F2N4/c1-12-9-15(16(19)20)24-17(23-12)14(11-22-24)18(2,3)21-10-13-7-5-4-6-8-13/h4-9,11,16,21H,10H2,1-3H3. The minimum absolute atomic E-state index is 0.136. The van der Waals surface area contributed by atoms with Crippen molar-refractivity contribution < 1.29 is 8.78 Å². The minimum Gasteiger partial charge on any atom is -0.304 e. The van der Waals surface area contributed by atoms with Crippen molar-refractivity contribution in [2.45, 2.75) is 39.3 Å². The molecule has 0 aliphatic carbocycles. The second kappa shape index (κ2) is 6.28. The molecule has 4 nitrogen and oxygen atoms in total. The van der Waals surface area contributed by atoms with Crippen LogP contribution in [0.2, 0.25) is 0 Å². The fourth-order valence-corrected chi connectivity index (χ4v) is 2.72. The highest BCUT2D eigenvalue weighted by Gasteiger charge is 2.27. The molecular formula is C18H20F2N4. The Labute approximate surface area is 139 Å². The first-order chi connectivity index (χ1) is 11.4. The Morgan fingerprint density at radius 2 is 1.92 bits per heavy atom. The van der Waals surface area contributed by atoms with Gasteiger partial charge in [0, 0.05) is 23.3 Å². The molecule has 1 N–H and O–H groups in total. The Morgan fingerprint density at radius 1 is 1.21 bits per heavy atom. The van der Waals surface area contributed by atoms with Crippen LogP contribution < -0.4 is 5.32 Å². The van der Waals surface area contributed by atoms with Crippen molar-refractivity contribution >= 4 is 5.65 Å². The highest BCUT2D eigenvalue weighted by atomic mass is 19.3. The quantitative estimate of drug-likeness (QED) is 0.769. The third-order valence-electron chi connectivity index (χ3n) is 4.10. The van der Waals surface area contributed by atoms with Gasteiger partial charge in [-0.3, -0.25) is 0 Å². The molecule has 0 radical (unpaired) electrons. The van der Waals surface area contributed by atoms with Gasteiger partial charge >= 0.3 is 0 Å². The van der Waals surface area contributed by atoms with Crippen molar-refractivity contribution in [1.29, 1.82) is 0 Å². The average Bonchev–Trinajstić information content (AvgIpc) is 2.97. The Kier molecular flexibility index (Phi) is 4.32. The van der Waals surface area contributed by atoms with Gasteiger partial charge in [-0.05, 0) is 32.4 Å². The van der Waals surface area contributed by atoms with Gasteiger partial charge in [0.15, 0.2) is 5.65 Å². The third kappa shape index (κ3) is 3.14. The number of benzene rings is 1. The fourth-order valence-electron chi connectivity index (χ4n) is 2.72. The van der Waals surface area contributed by atoms with E-state index < -0.39 is 12.0 Å². The Hall–Kier alpha value is -2.34. The number of aromatic nitrogens is 3. The van der Waals surface area contributed by atoms with E-state index >= 15 is 0 Å². The predicted molar refractivity (Wildman–Crippen MR) is 89.0 cm³/mol. The number of alkyl halides is 2. The molecule has 0 spiro atoms. The van der Waals surface area contributed by atoms with Gasteiger partial charge in [0.2, 0.25) is 0 Å². The molecule has 0 saturated heterocycles. The lowest BCUT2D eigenvalue weighted by Crippen LogP contribution is -2.36. The third-order valence-corrected chi connectivity index (χ3v) is 4.10. The fraction of sp³-hybridized carbons (Fsp3) is 0.333. The zero-order valence-corrected chi connectivity index (χ0v) is 13.9. The molecule has 0 unspecified atom stereocenters. The molecule has 0 aliphatic heterocycles. The van der Waals surface area contributed by atoms with Crippen molar-refractivity contribution in [2.24, 2.45) is 0 Å². The van der Waals surface area contributed by atoms with E-state index in [4.69, 9.17) is 0 Å². The lowest BCUT2D eigenvalue weighted by atomic mass is 9.96. The van der Waals surface area contributed by atoms with Crippen LogP contribution in [0.1, 0.15) is 42.8 Å². The number of rotatable bonds is 5. The monoisotopic (exact) mass is 330 g/mol. The first kappa shape index (κ1) is 16.5. The maximum atomic E-state index is 13.2. The molecule has 0 aliphatic rings. The summed E-state index contributed by atoms with van der Waals surface area (Å²) < 4.78 is 27.7. The van der Waals surface area contributed by atoms with Gasteiger partial charge in [0.25, 0.3) is 6.43 Å². The molecule has 126 valence electrons. The first-order valence-corrected chi connectivity index (χ1v) is 7.81. The van der Waals surface area contributed by atoms with Gasteiger partial charge in [0.05, 0.1) is 6.20 Å². The number of nitrogens with zero attached hydrogens (tertiary/aromatic N) is 3. The van der Waals surface area contributed by atoms with E-state index in [0.29, 0.717) is 17.9 Å². The molecular weight excluding hydrogens is 310 g/mol. The Morgan fingerprint density at radius 3 is 2.58 bits per heavy atom. The van der Waals surface area contributed by atoms with E-state index in [0.717, 1.165) is 11.1 Å². The maximum absolute atomic E-state index is 13.2. The molecule has 1 aromatic carbocycles. The van der Waals surface area contributed by atoms with E-state index in [1.807, 2.05) is 44.2 Å². The van der Waals surface area contributed by atoms with E-state index in [1.165, 1.54) is 10.6 Å². The minimum atomic E-state index is -2.60. The van der Waals surface area contributed by atoms with Crippen LogP contribution in [-0.4, -0.2) is 14.6 Å². The van der Waals surface area contributed by atoms with Crippen molar-refractivity contribution in [3.05, 3.63) is 65.1 Å². The van der Waals surface area contributed by atoms with Crippen LogP contribution in [0.5, 0.6) is 0 Å². The summed E-state index contributed by atoms with van der Waals surface area (Å²) in [6, 6.07) is 11.4. The number of aryl methyl sites for hydroxylation is 1. The van der Waals surface area contributed by atoms with Crippen LogP contribution in [0.4, 0.5) is 8.78 Å². The van der Waals surface area contributed by atoms with Gasteiger partial charge in [-0.1, -0.05) is 30.3 Å². The molecule has 6 heteroatoms. The van der Waals surface area contributed by atoms with E-state index in [-0.39, 0.29) is 5.69 Å². The van der Waals surface area contributed by atoms with Gasteiger partial charge in [0.1, 0.15) is 5.69 Å². The van der Waals surface area contributed by atoms with Crippen LogP contribution in [0, 0.1) is 6.92 Å². The second-order valence-electron chi connectivity index (χ2n) is 6.38. The Balaban J connectivity index is 1.96. The molecule has 2 heterocycles. The van der Waals surface area contributed by atoms with Gasteiger partial charge in [-0.2, -0.15) is 5.10 Å². The van der Waals surface area contributed by atoms with Crippen molar-refractivity contribution in [3.63, 3.8) is 0 Å². The van der Waals surface area contributed by atoms with Crippen molar-refractivity contribution in [3.8, 4) is 0 Å². The predicted octanol–water partition coefficient (Wildman–Crippen LogP) is 4.00. The normalized spacial score (nSPS) is 12.2. The lowest BCUT2D eigenvalue weighted by Gasteiger charge is -2.25. The van der Waals surface area contributed by atoms with Gasteiger partial charge in [-0.15, -0.1) is 0 Å². The molecule has 2 aromatic heterocycles. The summed E-state index contributed by atoms with van der Waals surface area (Å²) in [5, 5.41) is 7.59. The van der Waals surface area contributed by atoms with E-state index in [2.05, 4.69) is 15.4 Å². The van der Waals surface area contributed by atoms with Gasteiger partial charge < -0.3 is 5.32 Å². The zero-order chi connectivity index (χ0) is 17.3. The first-order valence-electron chi connectivity index (χ1n) is 7.81. The molecule has 3 aromatic rings. The van der Waals surface area contributed by atoms with Crippen LogP contribution in [-0.2, 0) is 12.1 Å². The van der Waals surface area contributed by atoms with Crippen molar-refractivity contribution in [2.75, 3.05) is 0 Å². The summed E-state index contributed by atoms with van der Waals surface area (Å²) in [4.78, 5) is 4.43. The summed E-state index contributed by atoms with van der Waals surface area (Å²) in [5.41, 5.74) is 2.37. The van der Waals surface area contributed by atoms with Crippen LogP contribution >= 0.6 is 0 Å². The molecule has 24 heavy (non-hydrogen) atoms. The van der Waals surface area contributed by atoms with Crippen LogP contribution in [0.15, 0.2) is 42.6 Å². The van der Waals surface area contributed by atoms with Crippen LogP contribution in [0.3, 0.4) is 0 Å². The lowest BCUT2D eigenvalue weighted by molar-refractivity contribution is 0.143. The largest absolute Gasteiger partial charge is 0.304 e. The molecule has 0 bridgehead atoms. The summed E-state index contributed by atoms with van der Waals surface area (Å²) >= 11 is 0. The molecule has 0 saturated carbocycles. The summed E-state index contributed by atoms with van der Waals surface area (Å²) in [7, 11) is 0. The molecule has 0 fully saturated rings. The summed E-state index contributed by atoms with van der Waals surface area (Å²) in [5.74, 6) is 0. The topological polar surface area (TPSA) is 42.2 Å². The number of hydrogen-bond acceptors (Lipinski definition) is 3. The SMILES string of the molecule is Cc1cc(C(F)F)n2ncc(C(C)(C)NCc3ccccc3)c2n1. The molecule has 0 amide bonds. The number of fused-ring (bicyclic) bond motifs is 1. The van der Waals surface area contributed by atoms with Crippen molar-refractivity contribution in [1.82, 2.24) is 19.9 Å². The number of halogens is 2. The maximum Gasteiger partial charge on any atom is 0.280 e. The molecule has 0 atom stereocenters. The summed E-state index contributed by atoms with van der Waals surface area (Å²) in [6.45, 7) is 6.38. The van der Waals surface area contributed by atoms with E-state index in [1.54, 1.807) is 13.1 Å². The molecule has 3 rings (SSSR count). The highest BCUT2D eigenvalue weighted by molar-refractivity contribution is 5.51. The zero-order valence-electron chi connectivity index (χ0n) is 13.9. The Bertz CT molecular complexity index is 841. The highest BCUT2D eigenvalue weighted by Crippen LogP contribution is 2.27. The average molecular weight is 330 g/mol. The smallest absolute Gasteiger partial charge is 0.280 e.